The van der Waals surface area contributed by atoms with Gasteiger partial charge in [0, 0.05) is 31.9 Å². The molecule has 0 spiro atoms. The summed E-state index contributed by atoms with van der Waals surface area (Å²) in [5.41, 5.74) is 5.65. The quantitative estimate of drug-likeness (QED) is 0.737. The van der Waals surface area contributed by atoms with Gasteiger partial charge < -0.3 is 15.0 Å². The van der Waals surface area contributed by atoms with Crippen LogP contribution in [-0.4, -0.2) is 41.2 Å². The third-order valence-electron chi connectivity index (χ3n) is 2.61. The second-order valence-corrected chi connectivity index (χ2v) is 4.33. The Labute approximate surface area is 108 Å². The standard InChI is InChI=1S/C11H17F4N3O/c1-18-5-4-17-9(18)3-2-8(16)6-19-7-11(14,15)10(12)13/h4-5,8,10H,2-3,6-7,16H2,1H3. The molecule has 0 aliphatic rings. The predicted octanol–water partition coefficient (Wildman–Crippen LogP) is 1.60. The molecule has 1 rings (SSSR count). The van der Waals surface area contributed by atoms with Crippen molar-refractivity contribution in [1.82, 2.24) is 9.55 Å². The van der Waals surface area contributed by atoms with Crippen LogP contribution in [0.25, 0.3) is 0 Å². The van der Waals surface area contributed by atoms with Crippen LogP contribution in [0, 0.1) is 0 Å². The van der Waals surface area contributed by atoms with Crippen molar-refractivity contribution in [2.75, 3.05) is 13.2 Å². The van der Waals surface area contributed by atoms with Gasteiger partial charge in [-0.2, -0.15) is 8.78 Å². The van der Waals surface area contributed by atoms with E-state index in [4.69, 9.17) is 5.73 Å². The van der Waals surface area contributed by atoms with Gasteiger partial charge in [-0.3, -0.25) is 0 Å². The maximum Gasteiger partial charge on any atom is 0.330 e. The molecule has 0 aliphatic carbocycles. The van der Waals surface area contributed by atoms with Crippen molar-refractivity contribution in [3.05, 3.63) is 18.2 Å². The number of imidazole rings is 1. The number of rotatable bonds is 8. The van der Waals surface area contributed by atoms with Crippen molar-refractivity contribution < 1.29 is 22.3 Å². The summed E-state index contributed by atoms with van der Waals surface area (Å²) in [4.78, 5) is 4.08. The summed E-state index contributed by atoms with van der Waals surface area (Å²) < 4.78 is 55.1. The second-order valence-electron chi connectivity index (χ2n) is 4.33. The molecule has 1 unspecified atom stereocenters. The monoisotopic (exact) mass is 283 g/mol. The minimum Gasteiger partial charge on any atom is -0.373 e. The Morgan fingerprint density at radius 3 is 2.68 bits per heavy atom. The van der Waals surface area contributed by atoms with Gasteiger partial charge in [0.1, 0.15) is 12.4 Å². The van der Waals surface area contributed by atoms with E-state index in [9.17, 15) is 17.6 Å². The van der Waals surface area contributed by atoms with E-state index in [1.807, 2.05) is 11.6 Å². The molecule has 1 atom stereocenters. The van der Waals surface area contributed by atoms with Crippen molar-refractivity contribution in [3.8, 4) is 0 Å². The second kappa shape index (κ2) is 6.85. The zero-order chi connectivity index (χ0) is 14.5. The maximum atomic E-state index is 12.5. The summed E-state index contributed by atoms with van der Waals surface area (Å²) >= 11 is 0. The third kappa shape index (κ3) is 5.15. The molecule has 0 saturated heterocycles. The van der Waals surface area contributed by atoms with Gasteiger partial charge in [-0.05, 0) is 6.42 Å². The molecule has 0 radical (unpaired) electrons. The van der Waals surface area contributed by atoms with E-state index in [2.05, 4.69) is 9.72 Å². The maximum absolute atomic E-state index is 12.5. The summed E-state index contributed by atoms with van der Waals surface area (Å²) in [6, 6.07) is -0.495. The van der Waals surface area contributed by atoms with Crippen LogP contribution < -0.4 is 5.73 Å². The summed E-state index contributed by atoms with van der Waals surface area (Å²) in [5, 5.41) is 0. The lowest BCUT2D eigenvalue weighted by Gasteiger charge is -2.17. The van der Waals surface area contributed by atoms with Crippen molar-refractivity contribution in [3.63, 3.8) is 0 Å². The Balaban J connectivity index is 2.22. The lowest BCUT2D eigenvalue weighted by molar-refractivity contribution is -0.166. The molecule has 0 saturated carbocycles. The molecule has 19 heavy (non-hydrogen) atoms. The normalized spacial score (nSPS) is 14.1. The highest BCUT2D eigenvalue weighted by atomic mass is 19.3. The zero-order valence-electron chi connectivity index (χ0n) is 10.5. The van der Waals surface area contributed by atoms with Crippen molar-refractivity contribution >= 4 is 0 Å². The van der Waals surface area contributed by atoms with Crippen LogP contribution in [0.3, 0.4) is 0 Å². The number of hydrogen-bond donors (Lipinski definition) is 1. The number of halogens is 4. The molecule has 0 fully saturated rings. The van der Waals surface area contributed by atoms with Gasteiger partial charge in [0.2, 0.25) is 0 Å². The molecule has 0 bridgehead atoms. The fraction of sp³-hybridized carbons (Fsp3) is 0.727. The highest BCUT2D eigenvalue weighted by molar-refractivity contribution is 4.91. The van der Waals surface area contributed by atoms with Crippen LogP contribution in [0.4, 0.5) is 17.6 Å². The van der Waals surface area contributed by atoms with E-state index >= 15 is 0 Å². The molecule has 4 nitrogen and oxygen atoms in total. The average Bonchev–Trinajstić information content (AvgIpc) is 2.72. The van der Waals surface area contributed by atoms with Crippen LogP contribution in [0.1, 0.15) is 12.2 Å². The molecule has 2 N–H and O–H groups in total. The van der Waals surface area contributed by atoms with E-state index in [0.29, 0.717) is 12.8 Å². The largest absolute Gasteiger partial charge is 0.373 e. The smallest absolute Gasteiger partial charge is 0.330 e. The summed E-state index contributed by atoms with van der Waals surface area (Å²) in [6.07, 6.45) is 0.738. The number of aromatic nitrogens is 2. The van der Waals surface area contributed by atoms with Gasteiger partial charge >= 0.3 is 12.3 Å². The molecule has 0 aromatic carbocycles. The van der Waals surface area contributed by atoms with Crippen LogP contribution in [0.5, 0.6) is 0 Å². The number of ether oxygens (including phenoxy) is 1. The zero-order valence-corrected chi connectivity index (χ0v) is 10.5. The van der Waals surface area contributed by atoms with Gasteiger partial charge in [0.05, 0.1) is 6.61 Å². The average molecular weight is 283 g/mol. The van der Waals surface area contributed by atoms with Crippen LogP contribution in [0.2, 0.25) is 0 Å². The van der Waals surface area contributed by atoms with Crippen LogP contribution >= 0.6 is 0 Å². The van der Waals surface area contributed by atoms with Crippen molar-refractivity contribution in [2.45, 2.75) is 31.2 Å². The predicted molar refractivity (Wildman–Crippen MR) is 61.3 cm³/mol. The molecule has 1 heterocycles. The number of nitrogens with zero attached hydrogens (tertiary/aromatic N) is 2. The number of aryl methyl sites for hydroxylation is 2. The SMILES string of the molecule is Cn1ccnc1CCC(N)COCC(F)(F)C(F)F. The number of nitrogens with two attached hydrogens (primary N) is 1. The molecule has 1 aromatic rings. The lowest BCUT2D eigenvalue weighted by atomic mass is 10.2. The fourth-order valence-electron chi connectivity index (χ4n) is 1.44. The minimum atomic E-state index is -4.13. The Hall–Kier alpha value is -1.15. The minimum absolute atomic E-state index is 0.188. The topological polar surface area (TPSA) is 53.1 Å². The molecule has 110 valence electrons. The summed E-state index contributed by atoms with van der Waals surface area (Å²) in [5.74, 6) is -3.31. The first kappa shape index (κ1) is 15.9. The van der Waals surface area contributed by atoms with E-state index in [0.717, 1.165) is 5.82 Å². The summed E-state index contributed by atoms with van der Waals surface area (Å²) in [6.45, 7) is -1.51. The van der Waals surface area contributed by atoms with Crippen molar-refractivity contribution in [2.24, 2.45) is 12.8 Å². The fourth-order valence-corrected chi connectivity index (χ4v) is 1.44. The molecule has 1 aromatic heterocycles. The van der Waals surface area contributed by atoms with Crippen LogP contribution in [0.15, 0.2) is 12.4 Å². The van der Waals surface area contributed by atoms with E-state index < -0.39 is 25.0 Å². The Kier molecular flexibility index (Phi) is 5.74. The van der Waals surface area contributed by atoms with Crippen LogP contribution in [-0.2, 0) is 18.2 Å². The van der Waals surface area contributed by atoms with Gasteiger partial charge in [-0.1, -0.05) is 0 Å². The number of hydrogen-bond acceptors (Lipinski definition) is 3. The molecular formula is C11H17F4N3O. The van der Waals surface area contributed by atoms with Crippen molar-refractivity contribution in [1.29, 1.82) is 0 Å². The van der Waals surface area contributed by atoms with Gasteiger partial charge in [-0.15, -0.1) is 0 Å². The Bertz CT molecular complexity index is 384. The van der Waals surface area contributed by atoms with Gasteiger partial charge in [0.25, 0.3) is 0 Å². The Morgan fingerprint density at radius 1 is 1.47 bits per heavy atom. The first-order valence-electron chi connectivity index (χ1n) is 5.78. The highest BCUT2D eigenvalue weighted by Crippen LogP contribution is 2.22. The Morgan fingerprint density at radius 2 is 2.16 bits per heavy atom. The van der Waals surface area contributed by atoms with E-state index in [1.165, 1.54) is 0 Å². The summed E-state index contributed by atoms with van der Waals surface area (Å²) in [7, 11) is 1.83. The molecular weight excluding hydrogens is 266 g/mol. The van der Waals surface area contributed by atoms with E-state index in [1.54, 1.807) is 12.4 Å². The third-order valence-corrected chi connectivity index (χ3v) is 2.61. The van der Waals surface area contributed by atoms with Gasteiger partial charge in [-0.25, -0.2) is 13.8 Å². The first-order valence-corrected chi connectivity index (χ1v) is 5.78. The first-order chi connectivity index (χ1) is 8.83. The van der Waals surface area contributed by atoms with Gasteiger partial charge in [0.15, 0.2) is 0 Å². The van der Waals surface area contributed by atoms with E-state index in [-0.39, 0.29) is 6.61 Å². The lowest BCUT2D eigenvalue weighted by Crippen LogP contribution is -2.35. The number of alkyl halides is 4. The molecule has 8 heteroatoms. The molecule has 0 amide bonds. The molecule has 0 aliphatic heterocycles. The highest BCUT2D eigenvalue weighted by Gasteiger charge is 2.40.